The minimum Gasteiger partial charge on any atom is -0.489 e. The van der Waals surface area contributed by atoms with E-state index in [-0.39, 0.29) is 18.3 Å². The number of halogens is 1. The summed E-state index contributed by atoms with van der Waals surface area (Å²) in [6.07, 6.45) is 2.03. The number of benzene rings is 1. The Morgan fingerprint density at radius 1 is 1.44 bits per heavy atom. The van der Waals surface area contributed by atoms with Crippen molar-refractivity contribution in [2.75, 3.05) is 13.2 Å². The Balaban J connectivity index is 0.00000289. The van der Waals surface area contributed by atoms with Crippen LogP contribution in [0, 0.1) is 0 Å². The van der Waals surface area contributed by atoms with Gasteiger partial charge in [-0.3, -0.25) is 4.79 Å². The van der Waals surface area contributed by atoms with Crippen molar-refractivity contribution in [1.29, 1.82) is 0 Å². The second-order valence-electron chi connectivity index (χ2n) is 3.52. The second kappa shape index (κ2) is 9.50. The highest BCUT2D eigenvalue weighted by atomic mass is 35.5. The zero-order valence-electron chi connectivity index (χ0n) is 10.2. The van der Waals surface area contributed by atoms with E-state index in [1.165, 1.54) is 0 Å². The summed E-state index contributed by atoms with van der Waals surface area (Å²) in [4.78, 5) is 11.3. The lowest BCUT2D eigenvalue weighted by atomic mass is 10.2. The number of carbonyl (C=O) groups excluding carboxylic acids is 1. The van der Waals surface area contributed by atoms with Gasteiger partial charge in [-0.1, -0.05) is 30.9 Å². The van der Waals surface area contributed by atoms with Gasteiger partial charge in [-0.05, 0) is 6.07 Å². The van der Waals surface area contributed by atoms with E-state index in [0.717, 1.165) is 11.3 Å². The van der Waals surface area contributed by atoms with Crippen LogP contribution in [0.5, 0.6) is 5.75 Å². The molecule has 0 aromatic heterocycles. The average Bonchev–Trinajstić information content (AvgIpc) is 2.35. The molecule has 1 rings (SSSR count). The number of hydrogen-bond donors (Lipinski definition) is 2. The first-order valence-corrected chi connectivity index (χ1v) is 5.56. The Kier molecular flexibility index (Phi) is 8.70. The predicted molar refractivity (Wildman–Crippen MR) is 74.9 cm³/mol. The van der Waals surface area contributed by atoms with Gasteiger partial charge in [0, 0.05) is 25.1 Å². The molecule has 3 N–H and O–H groups in total. The number of amides is 1. The van der Waals surface area contributed by atoms with E-state index in [9.17, 15) is 4.79 Å². The largest absolute Gasteiger partial charge is 0.489 e. The van der Waals surface area contributed by atoms with E-state index in [2.05, 4.69) is 11.9 Å². The lowest BCUT2D eigenvalue weighted by Crippen LogP contribution is -2.25. The molecule has 18 heavy (non-hydrogen) atoms. The van der Waals surface area contributed by atoms with Crippen LogP contribution in [-0.4, -0.2) is 19.1 Å². The quantitative estimate of drug-likeness (QED) is 0.741. The van der Waals surface area contributed by atoms with Crippen LogP contribution in [-0.2, 0) is 11.3 Å². The number of nitrogens with one attached hydrogen (secondary N) is 1. The van der Waals surface area contributed by atoms with Crippen molar-refractivity contribution < 1.29 is 9.53 Å². The van der Waals surface area contributed by atoms with Crippen LogP contribution in [0.25, 0.3) is 0 Å². The standard InChI is InChI=1S/C13H18N2O2.ClH/c1-2-9-17-12-6-4-3-5-11(12)10-15-13(16)7-8-14;/h2-6H,1,7-10,14H2,(H,15,16);1H. The number of para-hydroxylation sites is 1. The minimum absolute atomic E-state index is 0. The van der Waals surface area contributed by atoms with Gasteiger partial charge >= 0.3 is 0 Å². The summed E-state index contributed by atoms with van der Waals surface area (Å²) < 4.78 is 5.48. The van der Waals surface area contributed by atoms with Gasteiger partial charge in [-0.15, -0.1) is 12.4 Å². The van der Waals surface area contributed by atoms with Crippen LogP contribution < -0.4 is 15.8 Å². The summed E-state index contributed by atoms with van der Waals surface area (Å²) in [5.41, 5.74) is 6.24. The molecular formula is C13H19ClN2O2. The fourth-order valence-electron chi connectivity index (χ4n) is 1.35. The predicted octanol–water partition coefficient (Wildman–Crippen LogP) is 1.64. The zero-order chi connectivity index (χ0) is 12.5. The molecule has 0 fully saturated rings. The summed E-state index contributed by atoms with van der Waals surface area (Å²) in [6.45, 7) is 4.86. The van der Waals surface area contributed by atoms with Crippen molar-refractivity contribution in [2.24, 2.45) is 5.73 Å². The first kappa shape index (κ1) is 16.5. The Hall–Kier alpha value is -1.52. The first-order chi connectivity index (χ1) is 8.27. The van der Waals surface area contributed by atoms with Crippen molar-refractivity contribution in [2.45, 2.75) is 13.0 Å². The molecule has 100 valence electrons. The van der Waals surface area contributed by atoms with Crippen LogP contribution in [0.1, 0.15) is 12.0 Å². The molecule has 5 heteroatoms. The molecule has 4 nitrogen and oxygen atoms in total. The summed E-state index contributed by atoms with van der Waals surface area (Å²) in [6, 6.07) is 7.59. The highest BCUT2D eigenvalue weighted by molar-refractivity contribution is 5.85. The van der Waals surface area contributed by atoms with Crippen LogP contribution in [0.3, 0.4) is 0 Å². The third-order valence-electron chi connectivity index (χ3n) is 2.18. The Bertz CT molecular complexity index is 383. The number of carbonyl (C=O) groups is 1. The zero-order valence-corrected chi connectivity index (χ0v) is 11.0. The van der Waals surface area contributed by atoms with Crippen LogP contribution >= 0.6 is 12.4 Å². The topological polar surface area (TPSA) is 64.3 Å². The average molecular weight is 271 g/mol. The maximum absolute atomic E-state index is 11.3. The summed E-state index contributed by atoms with van der Waals surface area (Å²) in [7, 11) is 0. The molecule has 0 atom stereocenters. The molecule has 0 aliphatic rings. The van der Waals surface area contributed by atoms with E-state index in [1.807, 2.05) is 24.3 Å². The van der Waals surface area contributed by atoms with Gasteiger partial charge in [0.05, 0.1) is 0 Å². The third kappa shape index (κ3) is 5.70. The Labute approximate surface area is 114 Å². The third-order valence-corrected chi connectivity index (χ3v) is 2.18. The maximum atomic E-state index is 11.3. The molecule has 0 bridgehead atoms. The molecular weight excluding hydrogens is 252 g/mol. The molecule has 1 aromatic carbocycles. The molecule has 0 aliphatic carbocycles. The van der Waals surface area contributed by atoms with Gasteiger partial charge in [-0.25, -0.2) is 0 Å². The second-order valence-corrected chi connectivity index (χ2v) is 3.52. The molecule has 0 heterocycles. The highest BCUT2D eigenvalue weighted by Gasteiger charge is 2.04. The number of rotatable bonds is 7. The molecule has 0 saturated heterocycles. The van der Waals surface area contributed by atoms with Gasteiger partial charge in [-0.2, -0.15) is 0 Å². The molecule has 0 saturated carbocycles. The van der Waals surface area contributed by atoms with E-state index in [1.54, 1.807) is 6.08 Å². The number of hydrogen-bond acceptors (Lipinski definition) is 3. The van der Waals surface area contributed by atoms with Crippen LogP contribution in [0.4, 0.5) is 0 Å². The van der Waals surface area contributed by atoms with Gasteiger partial charge in [0.1, 0.15) is 12.4 Å². The van der Waals surface area contributed by atoms with Crippen LogP contribution in [0.2, 0.25) is 0 Å². The van der Waals surface area contributed by atoms with Crippen molar-refractivity contribution >= 4 is 18.3 Å². The fraction of sp³-hybridized carbons (Fsp3) is 0.308. The van der Waals surface area contributed by atoms with Crippen molar-refractivity contribution in [1.82, 2.24) is 5.32 Å². The van der Waals surface area contributed by atoms with Crippen molar-refractivity contribution in [3.8, 4) is 5.75 Å². The monoisotopic (exact) mass is 270 g/mol. The molecule has 0 unspecified atom stereocenters. The smallest absolute Gasteiger partial charge is 0.221 e. The molecule has 0 radical (unpaired) electrons. The van der Waals surface area contributed by atoms with E-state index >= 15 is 0 Å². The van der Waals surface area contributed by atoms with Gasteiger partial charge < -0.3 is 15.8 Å². The van der Waals surface area contributed by atoms with Gasteiger partial charge in [0.25, 0.3) is 0 Å². The summed E-state index contributed by atoms with van der Waals surface area (Å²) in [5, 5.41) is 2.79. The van der Waals surface area contributed by atoms with Gasteiger partial charge in [0.15, 0.2) is 0 Å². The van der Waals surface area contributed by atoms with Crippen molar-refractivity contribution in [3.63, 3.8) is 0 Å². The molecule has 0 aliphatic heterocycles. The first-order valence-electron chi connectivity index (χ1n) is 5.56. The number of ether oxygens (including phenoxy) is 1. The Morgan fingerprint density at radius 3 is 2.83 bits per heavy atom. The fourth-order valence-corrected chi connectivity index (χ4v) is 1.35. The summed E-state index contributed by atoms with van der Waals surface area (Å²) >= 11 is 0. The number of nitrogens with two attached hydrogens (primary N) is 1. The Morgan fingerprint density at radius 2 is 2.17 bits per heavy atom. The molecule has 1 aromatic rings. The molecule has 1 amide bonds. The summed E-state index contributed by atoms with van der Waals surface area (Å²) in [5.74, 6) is 0.714. The van der Waals surface area contributed by atoms with E-state index in [4.69, 9.17) is 10.5 Å². The lowest BCUT2D eigenvalue weighted by Gasteiger charge is -2.10. The molecule has 0 spiro atoms. The highest BCUT2D eigenvalue weighted by Crippen LogP contribution is 2.17. The van der Waals surface area contributed by atoms with Crippen molar-refractivity contribution in [3.05, 3.63) is 42.5 Å². The lowest BCUT2D eigenvalue weighted by molar-refractivity contribution is -0.121. The van der Waals surface area contributed by atoms with Gasteiger partial charge in [0.2, 0.25) is 5.91 Å². The normalized spacial score (nSPS) is 9.17. The van der Waals surface area contributed by atoms with E-state index in [0.29, 0.717) is 26.1 Å². The minimum atomic E-state index is -0.0500. The van der Waals surface area contributed by atoms with E-state index < -0.39 is 0 Å². The SMILES string of the molecule is C=CCOc1ccccc1CNC(=O)CCN.Cl. The van der Waals surface area contributed by atoms with Crippen LogP contribution in [0.15, 0.2) is 36.9 Å². The maximum Gasteiger partial charge on any atom is 0.221 e.